The summed E-state index contributed by atoms with van der Waals surface area (Å²) >= 11 is 0. The molecule has 2 aromatic heterocycles. The largest absolute Gasteiger partial charge is 0.394 e. The summed E-state index contributed by atoms with van der Waals surface area (Å²) in [5.41, 5.74) is 6.69. The second-order valence-electron chi connectivity index (χ2n) is 4.68. The maximum absolute atomic E-state index is 10.2. The highest BCUT2D eigenvalue weighted by Gasteiger charge is 2.42. The third kappa shape index (κ3) is 1.76. The molecule has 1 aliphatic rings. The molecule has 3 heterocycles. The van der Waals surface area contributed by atoms with Crippen molar-refractivity contribution in [2.24, 2.45) is 5.92 Å². The van der Waals surface area contributed by atoms with Crippen LogP contribution in [0, 0.1) is 5.92 Å². The molecule has 1 aliphatic heterocycles. The summed E-state index contributed by atoms with van der Waals surface area (Å²) in [4.78, 5) is 12.1. The van der Waals surface area contributed by atoms with Crippen LogP contribution >= 0.6 is 0 Å². The number of nitrogens with zero attached hydrogens (tertiary/aromatic N) is 4. The van der Waals surface area contributed by atoms with E-state index in [4.69, 9.17) is 10.5 Å². The van der Waals surface area contributed by atoms with Crippen LogP contribution < -0.4 is 5.73 Å². The molecule has 0 aromatic carbocycles. The molecule has 4 N–H and O–H groups in total. The third-order valence-corrected chi connectivity index (χ3v) is 3.57. The Bertz CT molecular complexity index is 601. The number of ether oxygens (including phenoxy) is 1. The van der Waals surface area contributed by atoms with Gasteiger partial charge < -0.3 is 20.7 Å². The van der Waals surface area contributed by atoms with E-state index in [-0.39, 0.29) is 18.3 Å². The lowest BCUT2D eigenvalue weighted by Gasteiger charge is -2.16. The fraction of sp³-hybridized carbons (Fsp3) is 0.545. The van der Waals surface area contributed by atoms with Gasteiger partial charge in [-0.15, -0.1) is 0 Å². The molecule has 1 fully saturated rings. The topological polar surface area (TPSA) is 119 Å². The quantitative estimate of drug-likeness (QED) is 0.656. The highest BCUT2D eigenvalue weighted by atomic mass is 16.5. The van der Waals surface area contributed by atoms with Crippen molar-refractivity contribution in [2.75, 3.05) is 12.3 Å². The summed E-state index contributed by atoms with van der Waals surface area (Å²) in [6, 6.07) is 0. The van der Waals surface area contributed by atoms with Crippen molar-refractivity contribution in [1.29, 1.82) is 0 Å². The molecule has 0 aliphatic carbocycles. The molecule has 2 aromatic rings. The van der Waals surface area contributed by atoms with Crippen LogP contribution in [0.4, 0.5) is 5.82 Å². The van der Waals surface area contributed by atoms with E-state index in [0.29, 0.717) is 11.2 Å². The lowest BCUT2D eigenvalue weighted by atomic mass is 10.0. The van der Waals surface area contributed by atoms with Gasteiger partial charge in [0.1, 0.15) is 17.9 Å². The van der Waals surface area contributed by atoms with Crippen molar-refractivity contribution < 1.29 is 14.9 Å². The fourth-order valence-electron chi connectivity index (χ4n) is 2.36. The van der Waals surface area contributed by atoms with Crippen molar-refractivity contribution in [1.82, 2.24) is 19.5 Å². The molecule has 4 atom stereocenters. The Hall–Kier alpha value is -1.77. The summed E-state index contributed by atoms with van der Waals surface area (Å²) in [7, 11) is 0. The van der Waals surface area contributed by atoms with Crippen molar-refractivity contribution in [3.63, 3.8) is 0 Å². The number of imidazole rings is 1. The predicted octanol–water partition coefficient (Wildman–Crippen LogP) is -0.705. The minimum Gasteiger partial charge on any atom is -0.394 e. The maximum Gasteiger partial charge on any atom is 0.167 e. The van der Waals surface area contributed by atoms with E-state index in [9.17, 15) is 10.2 Å². The van der Waals surface area contributed by atoms with Crippen molar-refractivity contribution in [3.8, 4) is 0 Å². The molecule has 3 rings (SSSR count). The van der Waals surface area contributed by atoms with Crippen molar-refractivity contribution >= 4 is 17.0 Å². The van der Waals surface area contributed by atoms with Crippen LogP contribution in [0.1, 0.15) is 13.2 Å². The van der Waals surface area contributed by atoms with Gasteiger partial charge in [-0.25, -0.2) is 15.0 Å². The summed E-state index contributed by atoms with van der Waals surface area (Å²) < 4.78 is 7.26. The Kier molecular flexibility index (Phi) is 2.85. The van der Waals surface area contributed by atoms with Gasteiger partial charge in [-0.3, -0.25) is 4.57 Å². The Labute approximate surface area is 108 Å². The normalized spacial score (nSPS) is 31.1. The van der Waals surface area contributed by atoms with Gasteiger partial charge in [0.2, 0.25) is 0 Å². The van der Waals surface area contributed by atoms with Crippen molar-refractivity contribution in [3.05, 3.63) is 12.7 Å². The molecule has 19 heavy (non-hydrogen) atoms. The highest BCUT2D eigenvalue weighted by Crippen LogP contribution is 2.35. The molecule has 0 radical (unpaired) electrons. The number of aliphatic hydroxyl groups is 2. The van der Waals surface area contributed by atoms with Gasteiger partial charge in [0, 0.05) is 5.92 Å². The van der Waals surface area contributed by atoms with E-state index in [2.05, 4.69) is 15.0 Å². The van der Waals surface area contributed by atoms with Crippen LogP contribution in [0.25, 0.3) is 11.2 Å². The van der Waals surface area contributed by atoms with Crippen LogP contribution in [-0.4, -0.2) is 48.5 Å². The molecule has 1 unspecified atom stereocenters. The molecule has 0 spiro atoms. The van der Waals surface area contributed by atoms with Gasteiger partial charge in [0.25, 0.3) is 0 Å². The predicted molar refractivity (Wildman–Crippen MR) is 65.9 cm³/mol. The Morgan fingerprint density at radius 2 is 2.21 bits per heavy atom. The molecule has 0 amide bonds. The zero-order valence-corrected chi connectivity index (χ0v) is 10.3. The number of fused-ring (bicyclic) bond motifs is 1. The minimum atomic E-state index is -0.745. The Balaban J connectivity index is 2.04. The van der Waals surface area contributed by atoms with E-state index in [1.807, 2.05) is 6.92 Å². The number of nitrogens with two attached hydrogens (primary N) is 1. The molecule has 102 valence electrons. The lowest BCUT2D eigenvalue weighted by molar-refractivity contribution is -0.0491. The van der Waals surface area contributed by atoms with E-state index >= 15 is 0 Å². The first kappa shape index (κ1) is 12.3. The van der Waals surface area contributed by atoms with Crippen LogP contribution in [-0.2, 0) is 4.74 Å². The highest BCUT2D eigenvalue weighted by molar-refractivity contribution is 5.81. The number of hydrogen-bond donors (Lipinski definition) is 3. The smallest absolute Gasteiger partial charge is 0.167 e. The van der Waals surface area contributed by atoms with Gasteiger partial charge in [0.05, 0.1) is 19.0 Å². The standard InChI is InChI=1S/C11H15N5O3/c1-5-6(2-17)19-11(8(5)18)16-4-15-7-9(12)13-3-14-10(7)16/h3-6,8,11,17-18H,2H2,1H3,(H2,12,13,14)/t5?,6-,8+,11-/m1/s1. The second kappa shape index (κ2) is 4.41. The van der Waals surface area contributed by atoms with Crippen LogP contribution in [0.5, 0.6) is 0 Å². The number of nitrogen functional groups attached to an aromatic ring is 1. The first-order valence-electron chi connectivity index (χ1n) is 6.01. The molecular formula is C11H15N5O3. The van der Waals surface area contributed by atoms with Crippen LogP contribution in [0.3, 0.4) is 0 Å². The van der Waals surface area contributed by atoms with Crippen molar-refractivity contribution in [2.45, 2.75) is 25.4 Å². The number of anilines is 1. The summed E-state index contributed by atoms with van der Waals surface area (Å²) in [5.74, 6) is 0.106. The number of aliphatic hydroxyl groups excluding tert-OH is 2. The Morgan fingerprint density at radius 1 is 1.42 bits per heavy atom. The molecule has 8 heteroatoms. The second-order valence-corrected chi connectivity index (χ2v) is 4.68. The summed E-state index contributed by atoms with van der Waals surface area (Å²) in [6.07, 6.45) is 1.06. The summed E-state index contributed by atoms with van der Waals surface area (Å²) in [6.45, 7) is 1.69. The van der Waals surface area contributed by atoms with Gasteiger partial charge in [-0.2, -0.15) is 0 Å². The zero-order valence-electron chi connectivity index (χ0n) is 10.3. The fourth-order valence-corrected chi connectivity index (χ4v) is 2.36. The molecular weight excluding hydrogens is 250 g/mol. The van der Waals surface area contributed by atoms with E-state index in [0.717, 1.165) is 0 Å². The Morgan fingerprint density at radius 3 is 2.89 bits per heavy atom. The minimum absolute atomic E-state index is 0.140. The number of hydrogen-bond acceptors (Lipinski definition) is 7. The average molecular weight is 265 g/mol. The van der Waals surface area contributed by atoms with Gasteiger partial charge in [-0.1, -0.05) is 6.92 Å². The van der Waals surface area contributed by atoms with Gasteiger partial charge >= 0.3 is 0 Å². The number of aromatic nitrogens is 4. The van der Waals surface area contributed by atoms with Crippen LogP contribution in [0.2, 0.25) is 0 Å². The molecule has 8 nitrogen and oxygen atoms in total. The lowest BCUT2D eigenvalue weighted by Crippen LogP contribution is -2.25. The van der Waals surface area contributed by atoms with E-state index in [1.165, 1.54) is 12.7 Å². The molecule has 1 saturated heterocycles. The molecule has 0 bridgehead atoms. The SMILES string of the molecule is CC1[C@@H](CO)O[C@@H](n2cnc3c(N)ncnc32)[C@H]1O. The zero-order chi connectivity index (χ0) is 13.6. The number of rotatable bonds is 2. The maximum atomic E-state index is 10.2. The van der Waals surface area contributed by atoms with E-state index < -0.39 is 18.4 Å². The summed E-state index contributed by atoms with van der Waals surface area (Å²) in [5, 5.41) is 19.4. The average Bonchev–Trinajstić information content (AvgIpc) is 2.94. The van der Waals surface area contributed by atoms with Gasteiger partial charge in [-0.05, 0) is 0 Å². The first-order valence-corrected chi connectivity index (χ1v) is 6.01. The van der Waals surface area contributed by atoms with Gasteiger partial charge in [0.15, 0.2) is 17.7 Å². The van der Waals surface area contributed by atoms with Crippen LogP contribution in [0.15, 0.2) is 12.7 Å². The monoisotopic (exact) mass is 265 g/mol. The van der Waals surface area contributed by atoms with E-state index in [1.54, 1.807) is 4.57 Å². The third-order valence-electron chi connectivity index (χ3n) is 3.57. The first-order chi connectivity index (χ1) is 9.13. The molecule has 0 saturated carbocycles.